The Labute approximate surface area is 83.8 Å². The van der Waals surface area contributed by atoms with E-state index in [1.165, 1.54) is 19.1 Å². The third-order valence-electron chi connectivity index (χ3n) is 1.68. The zero-order valence-corrected chi connectivity index (χ0v) is 8.34. The van der Waals surface area contributed by atoms with Gasteiger partial charge in [-0.25, -0.2) is 4.39 Å². The minimum Gasteiger partial charge on any atom is -0.399 e. The molecule has 0 bridgehead atoms. The van der Waals surface area contributed by atoms with Crippen LogP contribution in [0, 0.1) is 17.1 Å². The molecule has 2 atom stereocenters. The van der Waals surface area contributed by atoms with Gasteiger partial charge in [0.15, 0.2) is 0 Å². The summed E-state index contributed by atoms with van der Waals surface area (Å²) in [6.07, 6.45) is 0. The van der Waals surface area contributed by atoms with E-state index in [0.29, 0.717) is 0 Å². The Kier molecular flexibility index (Phi) is 3.20. The Hall–Kier alpha value is -1.41. The number of hydrogen-bond donors (Lipinski definition) is 1. The van der Waals surface area contributed by atoms with Gasteiger partial charge in [-0.2, -0.15) is 5.26 Å². The van der Waals surface area contributed by atoms with Crippen LogP contribution in [0.25, 0.3) is 0 Å². The molecule has 0 heterocycles. The summed E-state index contributed by atoms with van der Waals surface area (Å²) in [7, 11) is -1.64. The van der Waals surface area contributed by atoms with Gasteiger partial charge in [-0.1, -0.05) is 0 Å². The maximum atomic E-state index is 13.2. The lowest BCUT2D eigenvalue weighted by Crippen LogP contribution is -2.09. The molecule has 3 nitrogen and oxygen atoms in total. The molecule has 5 heteroatoms. The highest BCUT2D eigenvalue weighted by Gasteiger charge is 2.16. The Morgan fingerprint density at radius 2 is 2.29 bits per heavy atom. The van der Waals surface area contributed by atoms with Crippen LogP contribution in [-0.4, -0.2) is 9.46 Å². The molecule has 74 valence electrons. The highest BCUT2D eigenvalue weighted by atomic mass is 32.2. The summed E-state index contributed by atoms with van der Waals surface area (Å²) in [5.74, 6) is -0.634. The van der Waals surface area contributed by atoms with Crippen LogP contribution in [0.3, 0.4) is 0 Å². The van der Waals surface area contributed by atoms with Crippen molar-refractivity contribution in [3.63, 3.8) is 0 Å². The fraction of sp³-hybridized carbons (Fsp3) is 0.222. The van der Waals surface area contributed by atoms with E-state index in [2.05, 4.69) is 0 Å². The maximum absolute atomic E-state index is 13.2. The molecular formula is C9H9FN2OS. The largest absolute Gasteiger partial charge is 0.399 e. The number of nitriles is 1. The summed E-state index contributed by atoms with van der Waals surface area (Å²) in [6, 6.07) is 5.70. The third-order valence-corrected chi connectivity index (χ3v) is 3.19. The van der Waals surface area contributed by atoms with Crippen molar-refractivity contribution in [2.45, 2.75) is 17.1 Å². The van der Waals surface area contributed by atoms with Crippen LogP contribution in [0.5, 0.6) is 0 Å². The Bertz CT molecular complexity index is 414. The molecule has 0 radical (unpaired) electrons. The summed E-state index contributed by atoms with van der Waals surface area (Å²) in [5.41, 5.74) is 5.60. The Balaban J connectivity index is 3.09. The molecule has 0 saturated carbocycles. The highest BCUT2D eigenvalue weighted by molar-refractivity contribution is 7.86. The third kappa shape index (κ3) is 2.09. The van der Waals surface area contributed by atoms with Gasteiger partial charge in [-0.3, -0.25) is 4.21 Å². The number of nitrogens with two attached hydrogens (primary N) is 1. The molecule has 0 saturated heterocycles. The lowest BCUT2D eigenvalue weighted by atomic mass is 10.3. The first kappa shape index (κ1) is 10.7. The van der Waals surface area contributed by atoms with Crippen LogP contribution in [0.4, 0.5) is 10.1 Å². The van der Waals surface area contributed by atoms with E-state index in [0.717, 1.165) is 6.07 Å². The number of nitrogens with zero attached hydrogens (tertiary/aromatic N) is 1. The number of nitrogen functional groups attached to an aromatic ring is 1. The fourth-order valence-corrected chi connectivity index (χ4v) is 1.85. The first-order valence-corrected chi connectivity index (χ1v) is 5.12. The second kappa shape index (κ2) is 4.20. The minimum absolute atomic E-state index is 0.0215. The van der Waals surface area contributed by atoms with Crippen LogP contribution in [-0.2, 0) is 10.8 Å². The van der Waals surface area contributed by atoms with E-state index in [1.54, 1.807) is 6.07 Å². The lowest BCUT2D eigenvalue weighted by molar-refractivity contribution is 0.595. The molecule has 1 aromatic rings. The standard InChI is InChI=1S/C9H9FN2OS/c1-6(5-11)14(13)9-3-2-7(12)4-8(9)10/h2-4,6H,12H2,1H3. The molecule has 1 rings (SSSR count). The van der Waals surface area contributed by atoms with Gasteiger partial charge < -0.3 is 5.73 Å². The van der Waals surface area contributed by atoms with Gasteiger partial charge in [0.1, 0.15) is 11.1 Å². The summed E-state index contributed by atoms with van der Waals surface area (Å²) in [5, 5.41) is 7.79. The van der Waals surface area contributed by atoms with Crippen LogP contribution >= 0.6 is 0 Å². The average Bonchev–Trinajstić information content (AvgIpc) is 2.15. The summed E-state index contributed by atoms with van der Waals surface area (Å²) in [4.78, 5) is 0.0215. The van der Waals surface area contributed by atoms with Gasteiger partial charge in [-0.05, 0) is 25.1 Å². The van der Waals surface area contributed by atoms with E-state index < -0.39 is 21.9 Å². The summed E-state index contributed by atoms with van der Waals surface area (Å²) in [6.45, 7) is 1.48. The number of halogens is 1. The molecule has 0 aromatic heterocycles. The highest BCUT2D eigenvalue weighted by Crippen LogP contribution is 2.17. The van der Waals surface area contributed by atoms with Gasteiger partial charge in [0.2, 0.25) is 0 Å². The molecular weight excluding hydrogens is 203 g/mol. The SMILES string of the molecule is CC(C#N)S(=O)c1ccc(N)cc1F. The normalized spacial score (nSPS) is 14.4. The molecule has 0 spiro atoms. The van der Waals surface area contributed by atoms with Crippen LogP contribution in [0.1, 0.15) is 6.92 Å². The van der Waals surface area contributed by atoms with Crippen molar-refractivity contribution in [1.29, 1.82) is 5.26 Å². The van der Waals surface area contributed by atoms with Gasteiger partial charge in [0.25, 0.3) is 0 Å². The predicted octanol–water partition coefficient (Wildman–Crippen LogP) is 1.43. The van der Waals surface area contributed by atoms with Crippen LogP contribution < -0.4 is 5.73 Å². The van der Waals surface area contributed by atoms with Crippen LogP contribution in [0.2, 0.25) is 0 Å². The van der Waals surface area contributed by atoms with E-state index in [-0.39, 0.29) is 10.6 Å². The van der Waals surface area contributed by atoms with E-state index in [9.17, 15) is 8.60 Å². The van der Waals surface area contributed by atoms with E-state index in [1.807, 2.05) is 0 Å². The lowest BCUT2D eigenvalue weighted by Gasteiger charge is -2.05. The second-order valence-electron chi connectivity index (χ2n) is 2.76. The zero-order chi connectivity index (χ0) is 10.7. The van der Waals surface area contributed by atoms with Crippen molar-refractivity contribution in [3.8, 4) is 6.07 Å². The minimum atomic E-state index is -1.64. The van der Waals surface area contributed by atoms with Crippen molar-refractivity contribution < 1.29 is 8.60 Å². The molecule has 0 aliphatic carbocycles. The van der Waals surface area contributed by atoms with Gasteiger partial charge in [0.05, 0.1) is 21.8 Å². The second-order valence-corrected chi connectivity index (χ2v) is 4.50. The molecule has 0 amide bonds. The van der Waals surface area contributed by atoms with Gasteiger partial charge in [-0.15, -0.1) is 0 Å². The number of hydrogen-bond acceptors (Lipinski definition) is 3. The Morgan fingerprint density at radius 3 is 2.79 bits per heavy atom. The molecule has 0 aliphatic rings. The summed E-state index contributed by atoms with van der Waals surface area (Å²) >= 11 is 0. The quantitative estimate of drug-likeness (QED) is 0.754. The monoisotopic (exact) mass is 212 g/mol. The average molecular weight is 212 g/mol. The topological polar surface area (TPSA) is 66.9 Å². The Morgan fingerprint density at radius 1 is 1.64 bits per heavy atom. The van der Waals surface area contributed by atoms with Crippen molar-refractivity contribution >= 4 is 16.5 Å². The zero-order valence-electron chi connectivity index (χ0n) is 7.53. The smallest absolute Gasteiger partial charge is 0.141 e. The van der Waals surface area contributed by atoms with E-state index in [4.69, 9.17) is 11.0 Å². The van der Waals surface area contributed by atoms with Gasteiger partial charge >= 0.3 is 0 Å². The first-order chi connectivity index (χ1) is 6.56. The number of anilines is 1. The van der Waals surface area contributed by atoms with Crippen LogP contribution in [0.15, 0.2) is 23.1 Å². The van der Waals surface area contributed by atoms with Crippen molar-refractivity contribution in [2.24, 2.45) is 0 Å². The van der Waals surface area contributed by atoms with Gasteiger partial charge in [0, 0.05) is 5.69 Å². The molecule has 2 N–H and O–H groups in total. The molecule has 14 heavy (non-hydrogen) atoms. The first-order valence-electron chi connectivity index (χ1n) is 3.91. The van der Waals surface area contributed by atoms with Crippen molar-refractivity contribution in [1.82, 2.24) is 0 Å². The molecule has 0 fully saturated rings. The van der Waals surface area contributed by atoms with E-state index >= 15 is 0 Å². The molecule has 1 aromatic carbocycles. The molecule has 2 unspecified atom stereocenters. The van der Waals surface area contributed by atoms with Crippen molar-refractivity contribution in [3.05, 3.63) is 24.0 Å². The molecule has 0 aliphatic heterocycles. The predicted molar refractivity (Wildman–Crippen MR) is 52.3 cm³/mol. The maximum Gasteiger partial charge on any atom is 0.141 e. The number of rotatable bonds is 2. The van der Waals surface area contributed by atoms with Crippen molar-refractivity contribution in [2.75, 3.05) is 5.73 Å². The number of benzene rings is 1. The summed E-state index contributed by atoms with van der Waals surface area (Å²) < 4.78 is 24.7. The fourth-order valence-electron chi connectivity index (χ4n) is 0.919.